The number of carbonyl (C=O) groups excluding carboxylic acids is 1. The van der Waals surface area contributed by atoms with Crippen molar-refractivity contribution < 1.29 is 18.7 Å². The first-order valence-corrected chi connectivity index (χ1v) is 8.60. The Bertz CT molecular complexity index is 564. The van der Waals surface area contributed by atoms with Crippen molar-refractivity contribution in [3.8, 4) is 5.88 Å². The number of carbonyl (C=O) groups is 1. The molecule has 3 heterocycles. The molecular formula is C17H24FN3O3. The second kappa shape index (κ2) is 7.79. The number of piperidine rings is 1. The standard InChI is InChI=1S/C17H24FN3O3/c1-2-23-17(22)20-9-6-13(7-10-20)21-11-8-14(12-21)24-16-5-3-4-15(18)19-16/h3-5,13-14H,2,6-12H2,1H3. The van der Waals surface area contributed by atoms with E-state index in [2.05, 4.69) is 9.88 Å². The maximum atomic E-state index is 13.1. The van der Waals surface area contributed by atoms with Gasteiger partial charge in [0, 0.05) is 38.3 Å². The van der Waals surface area contributed by atoms with Gasteiger partial charge in [0.25, 0.3) is 0 Å². The molecule has 1 aromatic rings. The molecule has 1 unspecified atom stereocenters. The van der Waals surface area contributed by atoms with Crippen molar-refractivity contribution >= 4 is 6.09 Å². The van der Waals surface area contributed by atoms with E-state index in [-0.39, 0.29) is 12.2 Å². The van der Waals surface area contributed by atoms with Gasteiger partial charge in [0.05, 0.1) is 6.61 Å². The molecule has 2 fully saturated rings. The van der Waals surface area contributed by atoms with Gasteiger partial charge in [-0.15, -0.1) is 0 Å². The van der Waals surface area contributed by atoms with Crippen molar-refractivity contribution in [2.45, 2.75) is 38.3 Å². The molecule has 24 heavy (non-hydrogen) atoms. The Kier molecular flexibility index (Phi) is 5.50. The number of hydrogen-bond donors (Lipinski definition) is 0. The van der Waals surface area contributed by atoms with E-state index in [4.69, 9.17) is 9.47 Å². The van der Waals surface area contributed by atoms with Gasteiger partial charge in [-0.2, -0.15) is 9.37 Å². The minimum atomic E-state index is -0.520. The summed E-state index contributed by atoms with van der Waals surface area (Å²) in [6.07, 6.45) is 2.64. The molecule has 0 radical (unpaired) electrons. The van der Waals surface area contributed by atoms with Crippen LogP contribution >= 0.6 is 0 Å². The molecule has 0 saturated carbocycles. The zero-order valence-corrected chi connectivity index (χ0v) is 14.0. The van der Waals surface area contributed by atoms with Crippen LogP contribution in [-0.4, -0.2) is 65.8 Å². The first kappa shape index (κ1) is 17.0. The smallest absolute Gasteiger partial charge is 0.409 e. The van der Waals surface area contributed by atoms with Crippen LogP contribution in [-0.2, 0) is 4.74 Å². The number of rotatable bonds is 4. The molecule has 1 amide bonds. The topological polar surface area (TPSA) is 54.9 Å². The maximum Gasteiger partial charge on any atom is 0.409 e. The number of nitrogens with zero attached hydrogens (tertiary/aromatic N) is 3. The van der Waals surface area contributed by atoms with Crippen molar-refractivity contribution in [3.63, 3.8) is 0 Å². The third kappa shape index (κ3) is 4.14. The van der Waals surface area contributed by atoms with Gasteiger partial charge < -0.3 is 14.4 Å². The van der Waals surface area contributed by atoms with E-state index in [1.807, 2.05) is 6.92 Å². The Morgan fingerprint density at radius 2 is 2.08 bits per heavy atom. The Morgan fingerprint density at radius 1 is 1.29 bits per heavy atom. The van der Waals surface area contributed by atoms with Gasteiger partial charge in [-0.25, -0.2) is 4.79 Å². The molecule has 3 rings (SSSR count). The van der Waals surface area contributed by atoms with Crippen LogP contribution in [0.1, 0.15) is 26.2 Å². The summed E-state index contributed by atoms with van der Waals surface area (Å²) in [5, 5.41) is 0. The fraction of sp³-hybridized carbons (Fsp3) is 0.647. The fourth-order valence-electron chi connectivity index (χ4n) is 3.44. The zero-order valence-electron chi connectivity index (χ0n) is 14.0. The zero-order chi connectivity index (χ0) is 16.9. The lowest BCUT2D eigenvalue weighted by Gasteiger charge is -2.36. The summed E-state index contributed by atoms with van der Waals surface area (Å²) in [5.41, 5.74) is 0. The molecule has 2 saturated heterocycles. The van der Waals surface area contributed by atoms with E-state index in [1.54, 1.807) is 17.0 Å². The number of likely N-dealkylation sites (tertiary alicyclic amines) is 2. The number of halogens is 1. The minimum Gasteiger partial charge on any atom is -0.473 e. The molecule has 7 heteroatoms. The van der Waals surface area contributed by atoms with Gasteiger partial charge in [0.1, 0.15) is 6.10 Å². The summed E-state index contributed by atoms with van der Waals surface area (Å²) in [6, 6.07) is 5.06. The molecule has 132 valence electrons. The Hall–Kier alpha value is -1.89. The number of pyridine rings is 1. The average Bonchev–Trinajstić information content (AvgIpc) is 3.04. The number of hydrogen-bond acceptors (Lipinski definition) is 5. The molecule has 0 N–H and O–H groups in total. The lowest BCUT2D eigenvalue weighted by molar-refractivity contribution is 0.0772. The van der Waals surface area contributed by atoms with Gasteiger partial charge in [-0.05, 0) is 32.3 Å². The van der Waals surface area contributed by atoms with E-state index in [0.717, 1.165) is 45.4 Å². The number of aromatic nitrogens is 1. The van der Waals surface area contributed by atoms with Crippen LogP contribution in [0.5, 0.6) is 5.88 Å². The van der Waals surface area contributed by atoms with Crippen molar-refractivity contribution in [2.75, 3.05) is 32.8 Å². The second-order valence-corrected chi connectivity index (χ2v) is 6.24. The molecule has 2 aliphatic heterocycles. The van der Waals surface area contributed by atoms with Gasteiger partial charge in [0.15, 0.2) is 0 Å². The predicted molar refractivity (Wildman–Crippen MR) is 86.4 cm³/mol. The van der Waals surface area contributed by atoms with Crippen molar-refractivity contribution in [2.24, 2.45) is 0 Å². The van der Waals surface area contributed by atoms with Crippen LogP contribution in [0.2, 0.25) is 0 Å². The third-order valence-electron chi connectivity index (χ3n) is 4.66. The lowest BCUT2D eigenvalue weighted by Crippen LogP contribution is -2.46. The summed E-state index contributed by atoms with van der Waals surface area (Å²) < 4.78 is 24.0. The molecule has 6 nitrogen and oxygen atoms in total. The summed E-state index contributed by atoms with van der Waals surface area (Å²) in [6.45, 7) is 5.49. The number of ether oxygens (including phenoxy) is 2. The van der Waals surface area contributed by atoms with E-state index >= 15 is 0 Å². The van der Waals surface area contributed by atoms with Gasteiger partial charge in [-0.3, -0.25) is 4.90 Å². The minimum absolute atomic E-state index is 0.0439. The first-order chi connectivity index (χ1) is 11.7. The van der Waals surface area contributed by atoms with Crippen LogP contribution in [0.4, 0.5) is 9.18 Å². The van der Waals surface area contributed by atoms with Gasteiger partial charge >= 0.3 is 6.09 Å². The van der Waals surface area contributed by atoms with Gasteiger partial charge in [0.2, 0.25) is 11.8 Å². The maximum absolute atomic E-state index is 13.1. The van der Waals surface area contributed by atoms with E-state index in [1.165, 1.54) is 6.07 Å². The summed E-state index contributed by atoms with van der Waals surface area (Å²) in [5.74, 6) is -0.173. The van der Waals surface area contributed by atoms with Crippen molar-refractivity contribution in [1.29, 1.82) is 0 Å². The monoisotopic (exact) mass is 337 g/mol. The van der Waals surface area contributed by atoms with Gasteiger partial charge in [-0.1, -0.05) is 6.07 Å². The molecule has 1 aromatic heterocycles. The highest BCUT2D eigenvalue weighted by molar-refractivity contribution is 5.67. The number of amides is 1. The first-order valence-electron chi connectivity index (χ1n) is 8.60. The predicted octanol–water partition coefficient (Wildman–Crippen LogP) is 2.29. The van der Waals surface area contributed by atoms with Crippen LogP contribution in [0, 0.1) is 5.95 Å². The molecular weight excluding hydrogens is 313 g/mol. The fourth-order valence-corrected chi connectivity index (χ4v) is 3.44. The van der Waals surface area contributed by atoms with Crippen LogP contribution < -0.4 is 4.74 Å². The molecule has 2 aliphatic rings. The van der Waals surface area contributed by atoms with Crippen LogP contribution in [0.3, 0.4) is 0 Å². The molecule has 1 atom stereocenters. The Morgan fingerprint density at radius 3 is 2.79 bits per heavy atom. The quantitative estimate of drug-likeness (QED) is 0.789. The lowest BCUT2D eigenvalue weighted by atomic mass is 10.0. The molecule has 0 aromatic carbocycles. The molecule has 0 bridgehead atoms. The van der Waals surface area contributed by atoms with Crippen molar-refractivity contribution in [1.82, 2.24) is 14.8 Å². The third-order valence-corrected chi connectivity index (χ3v) is 4.66. The SMILES string of the molecule is CCOC(=O)N1CCC(N2CCC(Oc3cccc(F)n3)C2)CC1. The summed E-state index contributed by atoms with van der Waals surface area (Å²) >= 11 is 0. The molecule has 0 spiro atoms. The van der Waals surface area contributed by atoms with E-state index in [9.17, 15) is 9.18 Å². The normalized spacial score (nSPS) is 22.6. The van der Waals surface area contributed by atoms with Crippen LogP contribution in [0.15, 0.2) is 18.2 Å². The summed E-state index contributed by atoms with van der Waals surface area (Å²) in [4.78, 5) is 19.7. The van der Waals surface area contributed by atoms with E-state index in [0.29, 0.717) is 18.5 Å². The largest absolute Gasteiger partial charge is 0.473 e. The Balaban J connectivity index is 1.46. The highest BCUT2D eigenvalue weighted by Gasteiger charge is 2.33. The summed E-state index contributed by atoms with van der Waals surface area (Å²) in [7, 11) is 0. The van der Waals surface area contributed by atoms with Crippen LogP contribution in [0.25, 0.3) is 0 Å². The highest BCUT2D eigenvalue weighted by Crippen LogP contribution is 2.24. The Labute approximate surface area is 141 Å². The molecule has 0 aliphatic carbocycles. The van der Waals surface area contributed by atoms with E-state index < -0.39 is 5.95 Å². The van der Waals surface area contributed by atoms with Crippen molar-refractivity contribution in [3.05, 3.63) is 24.1 Å². The average molecular weight is 337 g/mol. The second-order valence-electron chi connectivity index (χ2n) is 6.24. The highest BCUT2D eigenvalue weighted by atomic mass is 19.1.